The molecule has 0 saturated heterocycles. The zero-order chi connectivity index (χ0) is 45.0. The molecule has 6 rings (SSSR count). The first-order valence-electron chi connectivity index (χ1n) is 21.5. The van der Waals surface area contributed by atoms with E-state index < -0.39 is 18.3 Å². The van der Waals surface area contributed by atoms with Crippen molar-refractivity contribution in [3.05, 3.63) is 185 Å². The van der Waals surface area contributed by atoms with Crippen LogP contribution in [0.3, 0.4) is 0 Å². The fraction of sp³-hybridized carbons (Fsp3) is 0.333. The van der Waals surface area contributed by atoms with E-state index in [-0.39, 0.29) is 55.9 Å². The lowest BCUT2D eigenvalue weighted by molar-refractivity contribution is 0.0536. The number of ether oxygens (including phenoxy) is 5. The summed E-state index contributed by atoms with van der Waals surface area (Å²) >= 11 is 0. The molecule has 0 bridgehead atoms. The predicted octanol–water partition coefficient (Wildman–Crippen LogP) is 9.03. The molecule has 0 aromatic heterocycles. The first-order valence-corrected chi connectivity index (χ1v) is 21.5. The molecule has 0 fully saturated rings. The minimum atomic E-state index is -0.914. The second-order valence-electron chi connectivity index (χ2n) is 17.6. The molecule has 332 valence electrons. The lowest BCUT2D eigenvalue weighted by atomic mass is 9.78. The average Bonchev–Trinajstić information content (AvgIpc) is 3.31. The molecule has 4 N–H and O–H groups in total. The zero-order valence-electron chi connectivity index (χ0n) is 37.2. The summed E-state index contributed by atoms with van der Waals surface area (Å²) in [6.07, 6.45) is -2.54. The van der Waals surface area contributed by atoms with Crippen LogP contribution in [0.5, 0.6) is 28.7 Å². The van der Waals surface area contributed by atoms with Gasteiger partial charge in [-0.3, -0.25) is 0 Å². The van der Waals surface area contributed by atoms with E-state index in [0.29, 0.717) is 28.7 Å². The SMILES string of the molecule is CC(C)(c1ccccc1)c1ccc(OCC(O)COc2ccc(C(C)(C)c3ccc(OCC(O)COc4ccc(C(C)(C)c5ccc(OCC(O)CO)cc5)cc4)cc3)cc2)cc1. The van der Waals surface area contributed by atoms with E-state index >= 15 is 0 Å². The summed E-state index contributed by atoms with van der Waals surface area (Å²) in [7, 11) is 0. The molecular formula is C54H62O9. The summed E-state index contributed by atoms with van der Waals surface area (Å²) in [5, 5.41) is 39.8. The van der Waals surface area contributed by atoms with Crippen molar-refractivity contribution in [3.8, 4) is 28.7 Å². The quantitative estimate of drug-likeness (QED) is 0.0529. The molecule has 0 heterocycles. The molecule has 0 aliphatic rings. The standard InChI is InChI=1S/C54H62O9/c1-52(2,38-10-8-7-9-11-38)39-12-24-48(25-13-39)60-34-45(57)35-61-50-28-18-42(19-29-50)54(5,6)43-20-30-51(31-21-43)63-37-46(58)36-62-49-26-16-41(17-27-49)53(3,4)40-14-22-47(23-15-40)59-33-44(56)32-55/h7-31,44-46,55-58H,32-37H2,1-6H3. The number of benzene rings is 6. The molecule has 63 heavy (non-hydrogen) atoms. The maximum atomic E-state index is 10.7. The van der Waals surface area contributed by atoms with Crippen molar-refractivity contribution in [2.75, 3.05) is 39.6 Å². The first-order chi connectivity index (χ1) is 30.1. The third-order valence-corrected chi connectivity index (χ3v) is 11.8. The maximum absolute atomic E-state index is 10.7. The molecule has 3 unspecified atom stereocenters. The lowest BCUT2D eigenvalue weighted by Crippen LogP contribution is -2.25. The van der Waals surface area contributed by atoms with E-state index in [1.807, 2.05) is 115 Å². The van der Waals surface area contributed by atoms with Crippen LogP contribution in [0.15, 0.2) is 152 Å². The van der Waals surface area contributed by atoms with E-state index in [2.05, 4.69) is 77.9 Å². The Kier molecular flexibility index (Phi) is 15.6. The van der Waals surface area contributed by atoms with Gasteiger partial charge in [0.05, 0.1) is 6.61 Å². The Morgan fingerprint density at radius 3 is 0.746 bits per heavy atom. The van der Waals surface area contributed by atoms with Crippen molar-refractivity contribution >= 4 is 0 Å². The fourth-order valence-electron chi connectivity index (χ4n) is 7.30. The number of aliphatic hydroxyl groups excluding tert-OH is 4. The summed E-state index contributed by atoms with van der Waals surface area (Å²) in [5.74, 6) is 3.28. The maximum Gasteiger partial charge on any atom is 0.122 e. The third-order valence-electron chi connectivity index (χ3n) is 11.8. The monoisotopic (exact) mass is 854 g/mol. The highest BCUT2D eigenvalue weighted by molar-refractivity contribution is 5.44. The van der Waals surface area contributed by atoms with Gasteiger partial charge in [0.2, 0.25) is 0 Å². The second kappa shape index (κ2) is 21.0. The fourth-order valence-corrected chi connectivity index (χ4v) is 7.30. The number of hydrogen-bond donors (Lipinski definition) is 4. The van der Waals surface area contributed by atoms with Crippen molar-refractivity contribution in [2.24, 2.45) is 0 Å². The molecule has 0 amide bonds. The number of aliphatic hydroxyl groups is 4. The molecule has 0 radical (unpaired) electrons. The van der Waals surface area contributed by atoms with Crippen LogP contribution in [0, 0.1) is 0 Å². The van der Waals surface area contributed by atoms with E-state index in [0.717, 1.165) is 22.3 Å². The van der Waals surface area contributed by atoms with Crippen LogP contribution in [-0.4, -0.2) is 78.4 Å². The topological polar surface area (TPSA) is 127 Å². The lowest BCUT2D eigenvalue weighted by Gasteiger charge is -2.27. The van der Waals surface area contributed by atoms with Crippen LogP contribution in [0.2, 0.25) is 0 Å². The van der Waals surface area contributed by atoms with Gasteiger partial charge in [0.15, 0.2) is 0 Å². The summed E-state index contributed by atoms with van der Waals surface area (Å²) in [5.41, 5.74) is 6.08. The van der Waals surface area contributed by atoms with Crippen LogP contribution in [-0.2, 0) is 16.2 Å². The third kappa shape index (κ3) is 12.4. The van der Waals surface area contributed by atoms with Gasteiger partial charge in [-0.1, -0.05) is 133 Å². The molecule has 9 nitrogen and oxygen atoms in total. The van der Waals surface area contributed by atoms with Crippen LogP contribution in [0.25, 0.3) is 0 Å². The van der Waals surface area contributed by atoms with Crippen molar-refractivity contribution < 1.29 is 44.1 Å². The van der Waals surface area contributed by atoms with E-state index in [1.165, 1.54) is 11.1 Å². The Morgan fingerprint density at radius 2 is 0.524 bits per heavy atom. The zero-order valence-corrected chi connectivity index (χ0v) is 37.2. The molecule has 0 aliphatic carbocycles. The molecule has 0 aliphatic heterocycles. The first kappa shape index (κ1) is 46.7. The predicted molar refractivity (Wildman–Crippen MR) is 248 cm³/mol. The minimum Gasteiger partial charge on any atom is -0.491 e. The Labute approximate surface area is 372 Å². The molecular weight excluding hydrogens is 793 g/mol. The van der Waals surface area contributed by atoms with E-state index in [9.17, 15) is 15.3 Å². The van der Waals surface area contributed by atoms with Gasteiger partial charge in [-0.15, -0.1) is 0 Å². The van der Waals surface area contributed by atoms with Crippen LogP contribution in [0.1, 0.15) is 74.9 Å². The van der Waals surface area contributed by atoms with Gasteiger partial charge in [-0.25, -0.2) is 0 Å². The molecule has 9 heteroatoms. The summed E-state index contributed by atoms with van der Waals surface area (Å²) in [6, 6.07) is 49.8. The van der Waals surface area contributed by atoms with Gasteiger partial charge in [-0.05, 0) is 94.0 Å². The Balaban J connectivity index is 0.909. The average molecular weight is 855 g/mol. The van der Waals surface area contributed by atoms with Crippen LogP contribution < -0.4 is 23.7 Å². The highest BCUT2D eigenvalue weighted by Gasteiger charge is 2.26. The van der Waals surface area contributed by atoms with Crippen molar-refractivity contribution in [1.29, 1.82) is 0 Å². The van der Waals surface area contributed by atoms with Gasteiger partial charge < -0.3 is 44.1 Å². The van der Waals surface area contributed by atoms with Crippen molar-refractivity contribution in [2.45, 2.75) is 76.1 Å². The largest absolute Gasteiger partial charge is 0.491 e. The highest BCUT2D eigenvalue weighted by Crippen LogP contribution is 2.36. The van der Waals surface area contributed by atoms with Crippen molar-refractivity contribution in [3.63, 3.8) is 0 Å². The molecule has 0 spiro atoms. The number of rotatable bonds is 22. The summed E-state index contributed by atoms with van der Waals surface area (Å²) in [6.45, 7) is 13.1. The van der Waals surface area contributed by atoms with Gasteiger partial charge in [0.1, 0.15) is 80.1 Å². The Morgan fingerprint density at radius 1 is 0.317 bits per heavy atom. The van der Waals surface area contributed by atoms with Crippen LogP contribution in [0.4, 0.5) is 0 Å². The summed E-state index contributed by atoms with van der Waals surface area (Å²) in [4.78, 5) is 0. The summed E-state index contributed by atoms with van der Waals surface area (Å²) < 4.78 is 29.1. The molecule has 3 atom stereocenters. The van der Waals surface area contributed by atoms with Gasteiger partial charge in [0.25, 0.3) is 0 Å². The minimum absolute atomic E-state index is 0.0295. The molecule has 0 saturated carbocycles. The van der Waals surface area contributed by atoms with Crippen molar-refractivity contribution in [1.82, 2.24) is 0 Å². The van der Waals surface area contributed by atoms with Crippen LogP contribution >= 0.6 is 0 Å². The van der Waals surface area contributed by atoms with Gasteiger partial charge >= 0.3 is 0 Å². The Bertz CT molecular complexity index is 2270. The molecule has 6 aromatic carbocycles. The smallest absolute Gasteiger partial charge is 0.122 e. The normalized spacial score (nSPS) is 13.4. The van der Waals surface area contributed by atoms with Gasteiger partial charge in [0, 0.05) is 16.2 Å². The number of hydrogen-bond acceptors (Lipinski definition) is 9. The van der Waals surface area contributed by atoms with Gasteiger partial charge in [-0.2, -0.15) is 0 Å². The second-order valence-corrected chi connectivity index (χ2v) is 17.6. The highest BCUT2D eigenvalue weighted by atomic mass is 16.5. The Hall–Kier alpha value is -5.84. The molecule has 6 aromatic rings. The van der Waals surface area contributed by atoms with E-state index in [4.69, 9.17) is 28.8 Å². The van der Waals surface area contributed by atoms with E-state index in [1.54, 1.807) is 0 Å².